The molecule has 0 saturated carbocycles. The number of thioether (sulfide) groups is 1. The van der Waals surface area contributed by atoms with E-state index in [9.17, 15) is 8.42 Å². The van der Waals surface area contributed by atoms with Crippen LogP contribution in [0.3, 0.4) is 0 Å². The van der Waals surface area contributed by atoms with Crippen LogP contribution >= 0.6 is 23.4 Å². The highest BCUT2D eigenvalue weighted by Gasteiger charge is 2.26. The van der Waals surface area contributed by atoms with Gasteiger partial charge in [0.15, 0.2) is 5.17 Å². The zero-order valence-corrected chi connectivity index (χ0v) is 11.4. The summed E-state index contributed by atoms with van der Waals surface area (Å²) < 4.78 is 32.4. The van der Waals surface area contributed by atoms with Crippen LogP contribution in [0.25, 0.3) is 0 Å². The van der Waals surface area contributed by atoms with Crippen molar-refractivity contribution < 1.29 is 13.2 Å². The maximum Gasteiger partial charge on any atom is 0.286 e. The molecule has 2 rings (SSSR count). The van der Waals surface area contributed by atoms with Crippen molar-refractivity contribution >= 4 is 44.2 Å². The van der Waals surface area contributed by atoms with Crippen LogP contribution in [0.2, 0.25) is 5.02 Å². The van der Waals surface area contributed by atoms with Crippen LogP contribution in [0.15, 0.2) is 21.4 Å². The van der Waals surface area contributed by atoms with E-state index >= 15 is 0 Å². The van der Waals surface area contributed by atoms with Crippen molar-refractivity contribution in [3.8, 4) is 5.75 Å². The van der Waals surface area contributed by atoms with Crippen LogP contribution in [-0.4, -0.2) is 27.0 Å². The van der Waals surface area contributed by atoms with Gasteiger partial charge in [-0.05, 0) is 12.3 Å². The molecule has 0 aliphatic carbocycles. The summed E-state index contributed by atoms with van der Waals surface area (Å²) in [5, 5.41) is 3.55. The first-order valence-electron chi connectivity index (χ1n) is 4.51. The Morgan fingerprint density at radius 1 is 1.47 bits per heavy atom. The van der Waals surface area contributed by atoms with Gasteiger partial charge in [-0.2, -0.15) is 8.42 Å². The van der Waals surface area contributed by atoms with E-state index in [2.05, 4.69) is 9.71 Å². The first kappa shape index (κ1) is 12.5. The lowest BCUT2D eigenvalue weighted by atomic mass is 10.3. The molecule has 5 nitrogen and oxygen atoms in total. The van der Waals surface area contributed by atoms with Crippen LogP contribution in [0, 0.1) is 0 Å². The monoisotopic (exact) mass is 292 g/mol. The van der Waals surface area contributed by atoms with Crippen LogP contribution in [0.5, 0.6) is 5.75 Å². The predicted molar refractivity (Wildman–Crippen MR) is 69.8 cm³/mol. The maximum absolute atomic E-state index is 11.9. The number of fused-ring (bicyclic) bond motifs is 1. The van der Waals surface area contributed by atoms with Crippen molar-refractivity contribution in [3.63, 3.8) is 0 Å². The highest BCUT2D eigenvalue weighted by Crippen LogP contribution is 2.37. The molecule has 0 fully saturated rings. The Hall–Kier alpha value is -0.920. The molecule has 0 radical (unpaired) electrons. The van der Waals surface area contributed by atoms with E-state index in [1.165, 1.54) is 31.0 Å². The van der Waals surface area contributed by atoms with Crippen molar-refractivity contribution in [1.29, 1.82) is 0 Å². The molecule has 1 N–H and O–H groups in total. The summed E-state index contributed by atoms with van der Waals surface area (Å²) in [6.07, 6.45) is 1.73. The fourth-order valence-electron chi connectivity index (χ4n) is 1.39. The number of hydrogen-bond donors (Lipinski definition) is 1. The number of amidine groups is 1. The van der Waals surface area contributed by atoms with E-state index in [1.54, 1.807) is 6.26 Å². The first-order chi connectivity index (χ1) is 7.97. The number of rotatable bonds is 1. The van der Waals surface area contributed by atoms with E-state index in [0.717, 1.165) is 0 Å². The van der Waals surface area contributed by atoms with E-state index in [1.807, 2.05) is 0 Å². The molecule has 0 saturated heterocycles. The Bertz CT molecular complexity index is 599. The van der Waals surface area contributed by atoms with Crippen LogP contribution < -0.4 is 10.1 Å². The molecule has 1 aromatic carbocycles. The molecule has 17 heavy (non-hydrogen) atoms. The third kappa shape index (κ3) is 2.22. The van der Waals surface area contributed by atoms with Crippen LogP contribution in [-0.2, 0) is 10.0 Å². The molecule has 1 aromatic rings. The Labute approximate surface area is 108 Å². The highest BCUT2D eigenvalue weighted by atomic mass is 35.5. The number of benzene rings is 1. The summed E-state index contributed by atoms with van der Waals surface area (Å²) in [6, 6.07) is 2.87. The highest BCUT2D eigenvalue weighted by molar-refractivity contribution is 8.14. The zero-order chi connectivity index (χ0) is 12.6. The van der Waals surface area contributed by atoms with Gasteiger partial charge in [0.1, 0.15) is 10.6 Å². The number of nitrogens with one attached hydrogen (secondary N) is 1. The number of sulfonamides is 1. The van der Waals surface area contributed by atoms with Gasteiger partial charge in [0, 0.05) is 6.07 Å². The van der Waals surface area contributed by atoms with Gasteiger partial charge in [-0.25, -0.2) is 0 Å². The summed E-state index contributed by atoms with van der Waals surface area (Å²) in [5.41, 5.74) is 0.412. The SMILES string of the molecule is COc1cc2c(cc1Cl)NC(SC)=NS2(=O)=O. The smallest absolute Gasteiger partial charge is 0.286 e. The minimum absolute atomic E-state index is 0.0663. The lowest BCUT2D eigenvalue weighted by Gasteiger charge is -2.18. The van der Waals surface area contributed by atoms with Gasteiger partial charge in [0.2, 0.25) is 0 Å². The molecule has 0 unspecified atom stereocenters. The van der Waals surface area contributed by atoms with Gasteiger partial charge in [0.05, 0.1) is 17.8 Å². The fourth-order valence-corrected chi connectivity index (χ4v) is 3.44. The first-order valence-corrected chi connectivity index (χ1v) is 7.55. The van der Waals surface area contributed by atoms with E-state index in [-0.39, 0.29) is 4.90 Å². The summed E-state index contributed by atoms with van der Waals surface area (Å²) in [7, 11) is -2.26. The number of hydrogen-bond acceptors (Lipinski definition) is 5. The Morgan fingerprint density at radius 3 is 2.76 bits per heavy atom. The predicted octanol–water partition coefficient (Wildman–Crippen LogP) is 2.18. The van der Waals surface area contributed by atoms with E-state index in [0.29, 0.717) is 21.6 Å². The summed E-state index contributed by atoms with van der Waals surface area (Å²) >= 11 is 7.15. The molecule has 0 amide bonds. The number of methoxy groups -OCH3 is 1. The zero-order valence-electron chi connectivity index (χ0n) is 9.02. The number of nitrogens with zero attached hydrogens (tertiary/aromatic N) is 1. The molecule has 1 aliphatic rings. The second-order valence-electron chi connectivity index (χ2n) is 3.18. The largest absolute Gasteiger partial charge is 0.495 e. The van der Waals surface area contributed by atoms with Gasteiger partial charge in [-0.1, -0.05) is 23.4 Å². The van der Waals surface area contributed by atoms with Crippen molar-refractivity contribution in [2.75, 3.05) is 18.7 Å². The number of ether oxygens (including phenoxy) is 1. The third-order valence-electron chi connectivity index (χ3n) is 2.17. The normalized spacial score (nSPS) is 16.8. The van der Waals surface area contributed by atoms with E-state index < -0.39 is 10.0 Å². The average Bonchev–Trinajstić information content (AvgIpc) is 2.27. The Balaban J connectivity index is 2.65. The molecule has 8 heteroatoms. The molecule has 0 aromatic heterocycles. The maximum atomic E-state index is 11.9. The van der Waals surface area contributed by atoms with Crippen molar-refractivity contribution in [3.05, 3.63) is 17.2 Å². The van der Waals surface area contributed by atoms with Gasteiger partial charge < -0.3 is 10.1 Å². The summed E-state index contributed by atoms with van der Waals surface area (Å²) in [5.74, 6) is 0.304. The van der Waals surface area contributed by atoms with Crippen molar-refractivity contribution in [2.24, 2.45) is 4.40 Å². The molecule has 0 atom stereocenters. The number of anilines is 1. The molecule has 1 aliphatic heterocycles. The van der Waals surface area contributed by atoms with Crippen LogP contribution in [0.4, 0.5) is 5.69 Å². The fraction of sp³-hybridized carbons (Fsp3) is 0.222. The summed E-state index contributed by atoms with van der Waals surface area (Å²) in [6.45, 7) is 0. The molecular weight excluding hydrogens is 284 g/mol. The minimum Gasteiger partial charge on any atom is -0.495 e. The van der Waals surface area contributed by atoms with Gasteiger partial charge in [-0.3, -0.25) is 0 Å². The molecule has 0 bridgehead atoms. The lowest BCUT2D eigenvalue weighted by molar-refractivity contribution is 0.414. The van der Waals surface area contributed by atoms with E-state index in [4.69, 9.17) is 16.3 Å². The summed E-state index contributed by atoms with van der Waals surface area (Å²) in [4.78, 5) is 0.0663. The lowest BCUT2D eigenvalue weighted by Crippen LogP contribution is -2.18. The molecule has 0 spiro atoms. The third-order valence-corrected chi connectivity index (χ3v) is 4.48. The van der Waals surface area contributed by atoms with Gasteiger partial charge in [0.25, 0.3) is 10.0 Å². The topological polar surface area (TPSA) is 67.8 Å². The average molecular weight is 293 g/mol. The van der Waals surface area contributed by atoms with Crippen molar-refractivity contribution in [1.82, 2.24) is 0 Å². The van der Waals surface area contributed by atoms with Gasteiger partial charge >= 0.3 is 0 Å². The molecule has 1 heterocycles. The second-order valence-corrected chi connectivity index (χ2v) is 5.96. The molecule has 92 valence electrons. The van der Waals surface area contributed by atoms with Crippen LogP contribution in [0.1, 0.15) is 0 Å². The Kier molecular flexibility index (Phi) is 3.24. The van der Waals surface area contributed by atoms with Crippen molar-refractivity contribution in [2.45, 2.75) is 4.90 Å². The van der Waals surface area contributed by atoms with Gasteiger partial charge in [-0.15, -0.1) is 4.40 Å². The number of halogens is 1. The quantitative estimate of drug-likeness (QED) is 0.859. The Morgan fingerprint density at radius 2 is 2.18 bits per heavy atom. The standard InChI is InChI=1S/C9H9ClN2O3S2/c1-15-7-4-8-6(3-5(7)10)11-9(16-2)12-17(8,13)14/h3-4H,1-2H3,(H,11,12). The molecular formula is C9H9ClN2O3S2. The second kappa shape index (κ2) is 4.40. The minimum atomic E-state index is -3.69.